The maximum Gasteiger partial charge on any atom is 0.270 e. The Morgan fingerprint density at radius 3 is 2.89 bits per heavy atom. The number of likely N-dealkylation sites (tertiary alicyclic amines) is 1. The van der Waals surface area contributed by atoms with Gasteiger partial charge in [0.2, 0.25) is 0 Å². The van der Waals surface area contributed by atoms with Crippen LogP contribution in [0.4, 0.5) is 11.4 Å². The van der Waals surface area contributed by atoms with E-state index in [4.69, 9.17) is 10.8 Å². The number of amides is 1. The van der Waals surface area contributed by atoms with Crippen molar-refractivity contribution in [3.63, 3.8) is 0 Å². The predicted octanol–water partition coefficient (Wildman–Crippen LogP) is 0.631. The van der Waals surface area contributed by atoms with Crippen LogP contribution in [-0.4, -0.2) is 40.5 Å². The first kappa shape index (κ1) is 13.3. The van der Waals surface area contributed by atoms with Gasteiger partial charge in [-0.1, -0.05) is 0 Å². The molecule has 0 aliphatic carbocycles. The van der Waals surface area contributed by atoms with Gasteiger partial charge in [0, 0.05) is 43.4 Å². The van der Waals surface area contributed by atoms with Crippen molar-refractivity contribution in [3.05, 3.63) is 33.9 Å². The molecular weight excluding hydrogens is 250 g/mol. The van der Waals surface area contributed by atoms with Gasteiger partial charge in [-0.3, -0.25) is 14.9 Å². The standard InChI is InChI=1S/C12H15N3O4/c13-11-2-1-9(15(18)19)5-10(11)12(17)14-4-3-8(6-14)7-16/h1-2,5,8,16H,3-4,6-7,13H2. The van der Waals surface area contributed by atoms with Crippen molar-refractivity contribution in [2.45, 2.75) is 6.42 Å². The molecule has 0 spiro atoms. The third kappa shape index (κ3) is 2.65. The smallest absolute Gasteiger partial charge is 0.270 e. The van der Waals surface area contributed by atoms with Crippen LogP contribution in [0.1, 0.15) is 16.8 Å². The molecule has 1 amide bonds. The van der Waals surface area contributed by atoms with Crippen LogP contribution in [0, 0.1) is 16.0 Å². The number of aliphatic hydroxyl groups excluding tert-OH is 1. The van der Waals surface area contributed by atoms with Crippen molar-refractivity contribution in [1.29, 1.82) is 0 Å². The number of nitrogens with zero attached hydrogens (tertiary/aromatic N) is 2. The van der Waals surface area contributed by atoms with Crippen molar-refractivity contribution in [2.75, 3.05) is 25.4 Å². The molecule has 7 nitrogen and oxygen atoms in total. The van der Waals surface area contributed by atoms with Crippen molar-refractivity contribution in [3.8, 4) is 0 Å². The molecule has 7 heteroatoms. The van der Waals surface area contributed by atoms with Gasteiger partial charge in [0.15, 0.2) is 0 Å². The second kappa shape index (κ2) is 5.23. The molecule has 1 aliphatic rings. The molecule has 1 aliphatic heterocycles. The van der Waals surface area contributed by atoms with Gasteiger partial charge in [0.05, 0.1) is 10.5 Å². The molecule has 1 aromatic rings. The van der Waals surface area contributed by atoms with Crippen LogP contribution < -0.4 is 5.73 Å². The minimum absolute atomic E-state index is 0.0359. The first-order valence-electron chi connectivity index (χ1n) is 5.97. The summed E-state index contributed by atoms with van der Waals surface area (Å²) in [6, 6.07) is 3.83. The Kier molecular flexibility index (Phi) is 3.66. The number of non-ortho nitro benzene ring substituents is 1. The number of nitrogen functional groups attached to an aromatic ring is 1. The van der Waals surface area contributed by atoms with Gasteiger partial charge in [-0.15, -0.1) is 0 Å². The number of carbonyl (C=O) groups is 1. The van der Waals surface area contributed by atoms with Gasteiger partial charge >= 0.3 is 0 Å². The number of hydrogen-bond donors (Lipinski definition) is 2. The molecule has 1 aromatic carbocycles. The maximum atomic E-state index is 12.2. The molecule has 0 aromatic heterocycles. The van der Waals surface area contributed by atoms with Gasteiger partial charge in [0.25, 0.3) is 11.6 Å². The van der Waals surface area contributed by atoms with E-state index < -0.39 is 4.92 Å². The van der Waals surface area contributed by atoms with Crippen LogP contribution in [0.25, 0.3) is 0 Å². The Labute approximate surface area is 109 Å². The highest BCUT2D eigenvalue weighted by atomic mass is 16.6. The summed E-state index contributed by atoms with van der Waals surface area (Å²) < 4.78 is 0. The number of carbonyl (C=O) groups excluding carboxylic acids is 1. The minimum atomic E-state index is -0.559. The Morgan fingerprint density at radius 2 is 2.32 bits per heavy atom. The van der Waals surface area contributed by atoms with Crippen LogP contribution in [0.3, 0.4) is 0 Å². The number of nitrogens with two attached hydrogens (primary N) is 1. The van der Waals surface area contributed by atoms with Crippen LogP contribution in [0.5, 0.6) is 0 Å². The molecule has 1 fully saturated rings. The van der Waals surface area contributed by atoms with Gasteiger partial charge in [0.1, 0.15) is 0 Å². The molecule has 0 bridgehead atoms. The van der Waals surface area contributed by atoms with E-state index in [1.165, 1.54) is 18.2 Å². The second-order valence-corrected chi connectivity index (χ2v) is 4.62. The summed E-state index contributed by atoms with van der Waals surface area (Å²) in [7, 11) is 0. The fourth-order valence-electron chi connectivity index (χ4n) is 2.18. The third-order valence-electron chi connectivity index (χ3n) is 3.31. The summed E-state index contributed by atoms with van der Waals surface area (Å²) in [5.74, 6) is -0.249. The normalized spacial score (nSPS) is 18.6. The van der Waals surface area contributed by atoms with Crippen molar-refractivity contribution in [1.82, 2.24) is 4.90 Å². The zero-order valence-electron chi connectivity index (χ0n) is 10.3. The molecule has 0 radical (unpaired) electrons. The van der Waals surface area contributed by atoms with Crippen LogP contribution in [0.15, 0.2) is 18.2 Å². The van der Waals surface area contributed by atoms with Gasteiger partial charge in [-0.25, -0.2) is 0 Å². The monoisotopic (exact) mass is 265 g/mol. The average Bonchev–Trinajstić information content (AvgIpc) is 2.87. The Balaban J connectivity index is 2.24. The largest absolute Gasteiger partial charge is 0.398 e. The van der Waals surface area contributed by atoms with E-state index in [0.29, 0.717) is 13.1 Å². The number of anilines is 1. The van der Waals surface area contributed by atoms with E-state index in [1.807, 2.05) is 0 Å². The van der Waals surface area contributed by atoms with Crippen molar-refractivity contribution < 1.29 is 14.8 Å². The molecule has 1 unspecified atom stereocenters. The molecule has 1 atom stereocenters. The number of benzene rings is 1. The zero-order valence-corrected chi connectivity index (χ0v) is 10.3. The van der Waals surface area contributed by atoms with E-state index in [1.54, 1.807) is 4.90 Å². The van der Waals surface area contributed by atoms with Gasteiger partial charge in [-0.05, 0) is 12.5 Å². The summed E-state index contributed by atoms with van der Waals surface area (Å²) in [6.07, 6.45) is 0.733. The lowest BCUT2D eigenvalue weighted by molar-refractivity contribution is -0.384. The third-order valence-corrected chi connectivity index (χ3v) is 3.31. The van der Waals surface area contributed by atoms with E-state index in [2.05, 4.69) is 0 Å². The molecule has 1 heterocycles. The molecule has 1 saturated heterocycles. The molecular formula is C12H15N3O4. The molecule has 3 N–H and O–H groups in total. The van der Waals surface area contributed by atoms with E-state index in [0.717, 1.165) is 6.42 Å². The topological polar surface area (TPSA) is 110 Å². The summed E-state index contributed by atoms with van der Waals surface area (Å²) in [4.78, 5) is 24.0. The number of aliphatic hydroxyl groups is 1. The van der Waals surface area contributed by atoms with Crippen LogP contribution in [0.2, 0.25) is 0 Å². The number of nitro benzene ring substituents is 1. The summed E-state index contributed by atoms with van der Waals surface area (Å²) in [5, 5.41) is 19.8. The highest BCUT2D eigenvalue weighted by Gasteiger charge is 2.28. The SMILES string of the molecule is Nc1ccc([N+](=O)[O-])cc1C(=O)N1CCC(CO)C1. The lowest BCUT2D eigenvalue weighted by Crippen LogP contribution is -2.29. The highest BCUT2D eigenvalue weighted by molar-refractivity contribution is 5.99. The fourth-order valence-corrected chi connectivity index (χ4v) is 2.18. The Hall–Kier alpha value is -2.15. The van der Waals surface area contributed by atoms with E-state index in [-0.39, 0.29) is 35.4 Å². The predicted molar refractivity (Wildman–Crippen MR) is 68.6 cm³/mol. The second-order valence-electron chi connectivity index (χ2n) is 4.62. The van der Waals surface area contributed by atoms with Crippen LogP contribution >= 0.6 is 0 Å². The molecule has 0 saturated carbocycles. The van der Waals surface area contributed by atoms with Crippen LogP contribution in [-0.2, 0) is 0 Å². The number of hydrogen-bond acceptors (Lipinski definition) is 5. The quantitative estimate of drug-likeness (QED) is 0.473. The number of rotatable bonds is 3. The zero-order chi connectivity index (χ0) is 14.0. The van der Waals surface area contributed by atoms with Gasteiger partial charge in [-0.2, -0.15) is 0 Å². The molecule has 2 rings (SSSR count). The maximum absolute atomic E-state index is 12.2. The Morgan fingerprint density at radius 1 is 1.58 bits per heavy atom. The summed E-state index contributed by atoms with van der Waals surface area (Å²) in [5.41, 5.74) is 5.92. The lowest BCUT2D eigenvalue weighted by atomic mass is 10.1. The minimum Gasteiger partial charge on any atom is -0.398 e. The molecule has 19 heavy (non-hydrogen) atoms. The lowest BCUT2D eigenvalue weighted by Gasteiger charge is -2.17. The van der Waals surface area contributed by atoms with Crippen molar-refractivity contribution in [2.24, 2.45) is 5.92 Å². The van der Waals surface area contributed by atoms with E-state index >= 15 is 0 Å². The Bertz CT molecular complexity index is 518. The number of nitro groups is 1. The highest BCUT2D eigenvalue weighted by Crippen LogP contribution is 2.24. The average molecular weight is 265 g/mol. The van der Waals surface area contributed by atoms with E-state index in [9.17, 15) is 14.9 Å². The fraction of sp³-hybridized carbons (Fsp3) is 0.417. The molecule has 102 valence electrons. The van der Waals surface area contributed by atoms with Gasteiger partial charge < -0.3 is 15.7 Å². The first-order chi connectivity index (χ1) is 9.02. The van der Waals surface area contributed by atoms with Crippen molar-refractivity contribution >= 4 is 17.3 Å². The first-order valence-corrected chi connectivity index (χ1v) is 5.97. The summed E-state index contributed by atoms with van der Waals surface area (Å²) in [6.45, 7) is 1.03. The summed E-state index contributed by atoms with van der Waals surface area (Å²) >= 11 is 0.